The number of amides is 2. The molecule has 0 radical (unpaired) electrons. The lowest BCUT2D eigenvalue weighted by Crippen LogP contribution is -2.65. The highest BCUT2D eigenvalue weighted by Crippen LogP contribution is 2.46. The van der Waals surface area contributed by atoms with Crippen molar-refractivity contribution in [3.63, 3.8) is 0 Å². The summed E-state index contributed by atoms with van der Waals surface area (Å²) >= 11 is 5.68. The highest BCUT2D eigenvalue weighted by atomic mass is 35.5. The fourth-order valence-electron chi connectivity index (χ4n) is 2.36. The number of anilines is 1. The molecule has 0 aliphatic carbocycles. The van der Waals surface area contributed by atoms with Crippen molar-refractivity contribution < 1.29 is 40.6 Å². The first-order chi connectivity index (χ1) is 12.9. The summed E-state index contributed by atoms with van der Waals surface area (Å²) < 4.78 is 89.0. The Balaban J connectivity index is 1.86. The highest BCUT2D eigenvalue weighted by molar-refractivity contribution is 6.30. The fourth-order valence-corrected chi connectivity index (χ4v) is 2.52. The zero-order chi connectivity index (χ0) is 20.7. The van der Waals surface area contributed by atoms with Crippen LogP contribution in [0.5, 0.6) is 11.5 Å². The molecule has 0 bridgehead atoms. The molecule has 2 amide bonds. The van der Waals surface area contributed by atoms with Crippen LogP contribution in [0.15, 0.2) is 42.5 Å². The number of urea groups is 1. The van der Waals surface area contributed by atoms with Crippen molar-refractivity contribution in [3.05, 3.63) is 53.1 Å². The molecule has 1 heterocycles. The van der Waals surface area contributed by atoms with Gasteiger partial charge in [0.05, 0.1) is 11.3 Å². The van der Waals surface area contributed by atoms with E-state index in [1.807, 2.05) is 0 Å². The Bertz CT molecular complexity index is 918. The monoisotopic (exact) mass is 426 g/mol. The van der Waals surface area contributed by atoms with Crippen LogP contribution in [0.4, 0.5) is 36.8 Å². The summed E-state index contributed by atoms with van der Waals surface area (Å²) in [6.45, 7) is 0. The van der Waals surface area contributed by atoms with Crippen LogP contribution in [-0.2, 0) is 6.18 Å². The summed E-state index contributed by atoms with van der Waals surface area (Å²) in [7, 11) is 0. The molecule has 150 valence electrons. The maximum atomic E-state index is 13.5. The van der Waals surface area contributed by atoms with E-state index < -0.39 is 41.3 Å². The second-order valence-corrected chi connectivity index (χ2v) is 5.97. The van der Waals surface area contributed by atoms with Crippen LogP contribution in [0.2, 0.25) is 5.02 Å². The van der Waals surface area contributed by atoms with Gasteiger partial charge in [-0.3, -0.25) is 5.32 Å². The van der Waals surface area contributed by atoms with E-state index in [2.05, 4.69) is 0 Å². The first-order valence-corrected chi connectivity index (χ1v) is 7.79. The molecule has 2 aromatic carbocycles. The minimum atomic E-state index is -5.28. The molecule has 2 N–H and O–H groups in total. The van der Waals surface area contributed by atoms with Crippen molar-refractivity contribution in [2.24, 2.45) is 0 Å². The Morgan fingerprint density at radius 2 is 1.61 bits per heavy atom. The lowest BCUT2D eigenvalue weighted by Gasteiger charge is -2.29. The maximum absolute atomic E-state index is 13.5. The first-order valence-electron chi connectivity index (χ1n) is 7.41. The number of carbonyl (C=O) groups is 1. The van der Waals surface area contributed by atoms with Crippen molar-refractivity contribution in [2.75, 3.05) is 5.32 Å². The summed E-state index contributed by atoms with van der Waals surface area (Å²) in [4.78, 5) is 12.0. The van der Waals surface area contributed by atoms with Crippen LogP contribution in [0, 0.1) is 0 Å². The van der Waals surface area contributed by atoms with E-state index in [1.165, 1.54) is 17.4 Å². The largest absolute Gasteiger partial charge is 0.492 e. The van der Waals surface area contributed by atoms with Crippen LogP contribution in [0.25, 0.3) is 0 Å². The summed E-state index contributed by atoms with van der Waals surface area (Å²) in [5.74, 6) is -4.41. The Kier molecular flexibility index (Phi) is 4.74. The van der Waals surface area contributed by atoms with Gasteiger partial charge in [-0.05, 0) is 24.3 Å². The predicted octanol–water partition coefficient (Wildman–Crippen LogP) is 5.17. The smallest absolute Gasteiger partial charge is 0.424 e. The average Bonchev–Trinajstić information content (AvgIpc) is 2.92. The molecule has 1 aliphatic rings. The van der Waals surface area contributed by atoms with Gasteiger partial charge >= 0.3 is 24.3 Å². The minimum Gasteiger partial charge on any atom is -0.424 e. The van der Waals surface area contributed by atoms with Gasteiger partial charge < -0.3 is 14.8 Å². The van der Waals surface area contributed by atoms with Crippen LogP contribution >= 0.6 is 11.6 Å². The number of ether oxygens (including phenoxy) is 2. The molecule has 0 saturated carbocycles. The van der Waals surface area contributed by atoms with Crippen LogP contribution < -0.4 is 20.1 Å². The molecule has 0 aromatic heterocycles. The maximum Gasteiger partial charge on any atom is 0.492 e. The number of fused-ring (bicyclic) bond motifs is 1. The van der Waals surface area contributed by atoms with Crippen molar-refractivity contribution in [3.8, 4) is 11.5 Å². The van der Waals surface area contributed by atoms with Gasteiger partial charge in [0.15, 0.2) is 11.5 Å². The number of hydrogen-bond acceptors (Lipinski definition) is 3. The summed E-state index contributed by atoms with van der Waals surface area (Å²) in [6.07, 6.45) is -10.1. The quantitative estimate of drug-likeness (QED) is 0.652. The third kappa shape index (κ3) is 3.75. The molecular weight excluding hydrogens is 418 g/mol. The first kappa shape index (κ1) is 19.9. The molecule has 2 aromatic rings. The molecule has 0 unspecified atom stereocenters. The topological polar surface area (TPSA) is 59.6 Å². The number of para-hydroxylation sites is 1. The Morgan fingerprint density at radius 3 is 2.25 bits per heavy atom. The number of alkyl halides is 6. The van der Waals surface area contributed by atoms with Crippen molar-refractivity contribution >= 4 is 23.3 Å². The molecule has 0 spiro atoms. The van der Waals surface area contributed by atoms with Gasteiger partial charge in [0, 0.05) is 11.1 Å². The lowest BCUT2D eigenvalue weighted by atomic mass is 10.1. The van der Waals surface area contributed by atoms with Crippen molar-refractivity contribution in [1.82, 2.24) is 5.32 Å². The zero-order valence-electron chi connectivity index (χ0n) is 13.4. The molecule has 3 rings (SSSR count). The predicted molar refractivity (Wildman–Crippen MR) is 85.1 cm³/mol. The number of benzene rings is 2. The zero-order valence-corrected chi connectivity index (χ0v) is 14.2. The van der Waals surface area contributed by atoms with Gasteiger partial charge in [-0.1, -0.05) is 23.7 Å². The highest BCUT2D eigenvalue weighted by Gasteiger charge is 2.65. The van der Waals surface area contributed by atoms with Crippen molar-refractivity contribution in [2.45, 2.75) is 18.3 Å². The number of carbonyl (C=O) groups excluding carboxylic acids is 1. The molecule has 1 aliphatic heterocycles. The van der Waals surface area contributed by atoms with Gasteiger partial charge in [0.25, 0.3) is 0 Å². The van der Waals surface area contributed by atoms with E-state index in [0.717, 1.165) is 24.3 Å². The van der Waals surface area contributed by atoms with E-state index in [1.54, 1.807) is 5.32 Å². The second-order valence-electron chi connectivity index (χ2n) is 5.53. The molecule has 5 nitrogen and oxygen atoms in total. The van der Waals surface area contributed by atoms with E-state index in [0.29, 0.717) is 6.07 Å². The van der Waals surface area contributed by atoms with Crippen LogP contribution in [-0.4, -0.2) is 18.1 Å². The molecule has 12 heteroatoms. The van der Waals surface area contributed by atoms with E-state index in [-0.39, 0.29) is 10.8 Å². The third-order valence-electron chi connectivity index (χ3n) is 3.55. The van der Waals surface area contributed by atoms with Crippen LogP contribution in [0.1, 0.15) is 5.56 Å². The molecule has 1 atom stereocenters. The fraction of sp³-hybridized carbons (Fsp3) is 0.188. The summed E-state index contributed by atoms with van der Waals surface area (Å²) in [6, 6.07) is 5.50. The normalized spacial score (nSPS) is 18.7. The van der Waals surface area contributed by atoms with Crippen LogP contribution in [0.3, 0.4) is 0 Å². The lowest BCUT2D eigenvalue weighted by molar-refractivity contribution is -0.317. The van der Waals surface area contributed by atoms with Gasteiger partial charge in [-0.25, -0.2) is 4.79 Å². The minimum absolute atomic E-state index is 0.0453. The Labute approximate surface area is 158 Å². The molecule has 0 saturated heterocycles. The molecular formula is C16H9ClF6N2O3. The molecule has 0 fully saturated rings. The second kappa shape index (κ2) is 6.66. The standard InChI is InChI=1S/C16H9ClF6N2O3/c17-8-5-6-11-12(7-8)28-16(27-11,15(21,22)23)25-13(26)24-10-4-2-1-3-9(10)14(18,19)20/h1-7H,(H2,24,25,26)/t16-/m1/s1. The summed E-state index contributed by atoms with van der Waals surface area (Å²) in [5.41, 5.74) is -1.99. The Hall–Kier alpha value is -2.82. The van der Waals surface area contributed by atoms with Gasteiger partial charge in [-0.2, -0.15) is 26.3 Å². The number of rotatable bonds is 2. The summed E-state index contributed by atoms with van der Waals surface area (Å²) in [5, 5.41) is 3.16. The molecule has 28 heavy (non-hydrogen) atoms. The SMILES string of the molecule is O=C(Nc1ccccc1C(F)(F)F)N[C@]1(C(F)(F)F)Oc2ccc(Cl)cc2O1. The van der Waals surface area contributed by atoms with E-state index in [4.69, 9.17) is 21.1 Å². The Morgan fingerprint density at radius 1 is 0.964 bits per heavy atom. The number of nitrogens with one attached hydrogen (secondary N) is 2. The van der Waals surface area contributed by atoms with Gasteiger partial charge in [0.1, 0.15) is 0 Å². The number of halogens is 7. The van der Waals surface area contributed by atoms with E-state index >= 15 is 0 Å². The van der Waals surface area contributed by atoms with E-state index in [9.17, 15) is 31.1 Å². The average molecular weight is 427 g/mol. The van der Waals surface area contributed by atoms with Gasteiger partial charge in [0.2, 0.25) is 0 Å². The van der Waals surface area contributed by atoms with Crippen molar-refractivity contribution in [1.29, 1.82) is 0 Å². The van der Waals surface area contributed by atoms with Gasteiger partial charge in [-0.15, -0.1) is 0 Å². The number of hydrogen-bond donors (Lipinski definition) is 2. The third-order valence-corrected chi connectivity index (χ3v) is 3.78.